The fourth-order valence-electron chi connectivity index (χ4n) is 2.33. The lowest BCUT2D eigenvalue weighted by Gasteiger charge is -2.21. The molecule has 0 spiro atoms. The zero-order chi connectivity index (χ0) is 12.3. The topological polar surface area (TPSA) is 52.3 Å². The minimum Gasteiger partial charge on any atom is -0.459 e. The van der Waals surface area contributed by atoms with Crippen LogP contribution in [0.5, 0.6) is 0 Å². The zero-order valence-corrected chi connectivity index (χ0v) is 10.2. The van der Waals surface area contributed by atoms with Gasteiger partial charge >= 0.3 is 5.97 Å². The van der Waals surface area contributed by atoms with Gasteiger partial charge in [-0.3, -0.25) is 0 Å². The lowest BCUT2D eigenvalue weighted by Crippen LogP contribution is -2.21. The fourth-order valence-corrected chi connectivity index (χ4v) is 2.33. The first-order valence-corrected chi connectivity index (χ1v) is 6.23. The largest absolute Gasteiger partial charge is 0.459 e. The molecule has 1 aromatic carbocycles. The second-order valence-electron chi connectivity index (χ2n) is 4.80. The molecule has 1 aromatic rings. The van der Waals surface area contributed by atoms with E-state index in [0.29, 0.717) is 11.3 Å². The van der Waals surface area contributed by atoms with Crippen molar-refractivity contribution in [1.82, 2.24) is 0 Å². The van der Waals surface area contributed by atoms with Gasteiger partial charge in [-0.1, -0.05) is 6.42 Å². The van der Waals surface area contributed by atoms with Gasteiger partial charge in [-0.25, -0.2) is 4.79 Å². The maximum atomic E-state index is 11.9. The highest BCUT2D eigenvalue weighted by atomic mass is 16.5. The highest BCUT2D eigenvalue weighted by molar-refractivity contribution is 5.90. The highest BCUT2D eigenvalue weighted by Gasteiger charge is 2.18. The van der Waals surface area contributed by atoms with Crippen LogP contribution in [0.1, 0.15) is 48.0 Å². The molecular weight excluding hydrogens is 214 g/mol. The molecule has 0 bridgehead atoms. The Hall–Kier alpha value is -1.51. The molecule has 1 fully saturated rings. The lowest BCUT2D eigenvalue weighted by molar-refractivity contribution is 0.0211. The predicted octanol–water partition coefficient (Wildman–Crippen LogP) is 3.07. The van der Waals surface area contributed by atoms with E-state index in [1.807, 2.05) is 19.1 Å². The van der Waals surface area contributed by atoms with Crippen molar-refractivity contribution in [2.75, 3.05) is 5.73 Å². The lowest BCUT2D eigenvalue weighted by atomic mass is 9.98. The van der Waals surface area contributed by atoms with E-state index in [1.165, 1.54) is 6.42 Å². The Bertz CT molecular complexity index is 388. The van der Waals surface area contributed by atoms with E-state index in [0.717, 1.165) is 31.2 Å². The van der Waals surface area contributed by atoms with Crippen LogP contribution in [0.2, 0.25) is 0 Å². The van der Waals surface area contributed by atoms with Crippen molar-refractivity contribution in [3.05, 3.63) is 29.3 Å². The average Bonchev–Trinajstić information content (AvgIpc) is 2.29. The first-order valence-electron chi connectivity index (χ1n) is 6.23. The van der Waals surface area contributed by atoms with Crippen LogP contribution in [-0.4, -0.2) is 12.1 Å². The Morgan fingerprint density at radius 3 is 2.59 bits per heavy atom. The van der Waals surface area contributed by atoms with Crippen LogP contribution >= 0.6 is 0 Å². The summed E-state index contributed by atoms with van der Waals surface area (Å²) in [6.45, 7) is 1.92. The van der Waals surface area contributed by atoms with Crippen molar-refractivity contribution in [2.45, 2.75) is 45.1 Å². The maximum Gasteiger partial charge on any atom is 0.338 e. The van der Waals surface area contributed by atoms with Gasteiger partial charge in [-0.2, -0.15) is 0 Å². The number of carbonyl (C=O) groups excluding carboxylic acids is 1. The second kappa shape index (κ2) is 5.21. The van der Waals surface area contributed by atoms with Gasteiger partial charge in [0.2, 0.25) is 0 Å². The van der Waals surface area contributed by atoms with E-state index < -0.39 is 0 Å². The molecule has 17 heavy (non-hydrogen) atoms. The van der Waals surface area contributed by atoms with Crippen molar-refractivity contribution in [3.63, 3.8) is 0 Å². The third-order valence-electron chi connectivity index (χ3n) is 3.16. The van der Waals surface area contributed by atoms with Crippen LogP contribution in [0.4, 0.5) is 5.69 Å². The molecule has 0 saturated heterocycles. The van der Waals surface area contributed by atoms with Gasteiger partial charge in [0.1, 0.15) is 6.10 Å². The summed E-state index contributed by atoms with van der Waals surface area (Å²) in [5.74, 6) is -0.243. The number of esters is 1. The van der Waals surface area contributed by atoms with Crippen LogP contribution in [-0.2, 0) is 4.74 Å². The molecule has 0 unspecified atom stereocenters. The maximum absolute atomic E-state index is 11.9. The second-order valence-corrected chi connectivity index (χ2v) is 4.80. The SMILES string of the molecule is Cc1cc(N)cc(C(=O)OC2CCCCC2)c1. The van der Waals surface area contributed by atoms with Crippen molar-refractivity contribution >= 4 is 11.7 Å². The van der Waals surface area contributed by atoms with E-state index >= 15 is 0 Å². The molecule has 0 amide bonds. The minimum absolute atomic E-state index is 0.0954. The van der Waals surface area contributed by atoms with Gasteiger partial charge < -0.3 is 10.5 Å². The Morgan fingerprint density at radius 2 is 1.94 bits per heavy atom. The summed E-state index contributed by atoms with van der Waals surface area (Å²) < 4.78 is 5.49. The van der Waals surface area contributed by atoms with Gasteiger partial charge in [0, 0.05) is 5.69 Å². The van der Waals surface area contributed by atoms with Crippen LogP contribution in [0, 0.1) is 6.92 Å². The number of nitrogens with two attached hydrogens (primary N) is 1. The summed E-state index contributed by atoms with van der Waals surface area (Å²) in [6, 6.07) is 5.34. The fraction of sp³-hybridized carbons (Fsp3) is 0.500. The van der Waals surface area contributed by atoms with E-state index in [2.05, 4.69) is 0 Å². The van der Waals surface area contributed by atoms with Crippen LogP contribution < -0.4 is 5.73 Å². The zero-order valence-electron chi connectivity index (χ0n) is 10.2. The summed E-state index contributed by atoms with van der Waals surface area (Å²) in [5, 5.41) is 0. The Morgan fingerprint density at radius 1 is 1.24 bits per heavy atom. The quantitative estimate of drug-likeness (QED) is 0.631. The van der Waals surface area contributed by atoms with Gasteiger partial charge in [-0.05, 0) is 56.4 Å². The minimum atomic E-state index is -0.243. The van der Waals surface area contributed by atoms with Crippen molar-refractivity contribution in [2.24, 2.45) is 0 Å². The third-order valence-corrected chi connectivity index (χ3v) is 3.16. The normalized spacial score (nSPS) is 16.8. The smallest absolute Gasteiger partial charge is 0.338 e. The number of nitrogen functional groups attached to an aromatic ring is 1. The number of aryl methyl sites for hydroxylation is 1. The van der Waals surface area contributed by atoms with E-state index in [4.69, 9.17) is 10.5 Å². The van der Waals surface area contributed by atoms with Gasteiger partial charge in [0.25, 0.3) is 0 Å². The number of carbonyl (C=O) groups is 1. The van der Waals surface area contributed by atoms with Gasteiger partial charge in [0.15, 0.2) is 0 Å². The van der Waals surface area contributed by atoms with Gasteiger partial charge in [-0.15, -0.1) is 0 Å². The molecule has 0 atom stereocenters. The molecule has 2 N–H and O–H groups in total. The number of rotatable bonds is 2. The van der Waals surface area contributed by atoms with Crippen LogP contribution in [0.15, 0.2) is 18.2 Å². The summed E-state index contributed by atoms with van der Waals surface area (Å²) in [7, 11) is 0. The van der Waals surface area contributed by atoms with Crippen LogP contribution in [0.3, 0.4) is 0 Å². The molecular formula is C14H19NO2. The van der Waals surface area contributed by atoms with E-state index in [-0.39, 0.29) is 12.1 Å². The molecule has 3 nitrogen and oxygen atoms in total. The molecule has 3 heteroatoms. The van der Waals surface area contributed by atoms with Crippen molar-refractivity contribution < 1.29 is 9.53 Å². The predicted molar refractivity (Wildman–Crippen MR) is 67.9 cm³/mol. The van der Waals surface area contributed by atoms with E-state index in [9.17, 15) is 4.79 Å². The molecule has 0 heterocycles. The standard InChI is InChI=1S/C14H19NO2/c1-10-7-11(9-12(15)8-10)14(16)17-13-5-3-2-4-6-13/h7-9,13H,2-6,15H2,1H3. The number of ether oxygens (including phenoxy) is 1. The average molecular weight is 233 g/mol. The number of hydrogen-bond acceptors (Lipinski definition) is 3. The molecule has 0 aromatic heterocycles. The number of anilines is 1. The van der Waals surface area contributed by atoms with Crippen molar-refractivity contribution in [1.29, 1.82) is 0 Å². The summed E-state index contributed by atoms with van der Waals surface area (Å²) in [6.07, 6.45) is 5.66. The molecule has 0 radical (unpaired) electrons. The van der Waals surface area contributed by atoms with E-state index in [1.54, 1.807) is 6.07 Å². The molecule has 92 valence electrons. The molecule has 1 aliphatic rings. The Balaban J connectivity index is 2.03. The first-order chi connectivity index (χ1) is 8.15. The molecule has 0 aliphatic heterocycles. The molecule has 1 aliphatic carbocycles. The molecule has 1 saturated carbocycles. The monoisotopic (exact) mass is 233 g/mol. The molecule has 2 rings (SSSR count). The van der Waals surface area contributed by atoms with Crippen LogP contribution in [0.25, 0.3) is 0 Å². The number of hydrogen-bond donors (Lipinski definition) is 1. The summed E-state index contributed by atoms with van der Waals surface area (Å²) in [4.78, 5) is 11.9. The third kappa shape index (κ3) is 3.22. The summed E-state index contributed by atoms with van der Waals surface area (Å²) >= 11 is 0. The summed E-state index contributed by atoms with van der Waals surface area (Å²) in [5.41, 5.74) is 7.88. The highest BCUT2D eigenvalue weighted by Crippen LogP contribution is 2.22. The Kier molecular flexibility index (Phi) is 3.67. The number of benzene rings is 1. The van der Waals surface area contributed by atoms with Crippen molar-refractivity contribution in [3.8, 4) is 0 Å². The van der Waals surface area contributed by atoms with Gasteiger partial charge in [0.05, 0.1) is 5.56 Å². The first kappa shape index (κ1) is 12.0. The Labute approximate surface area is 102 Å².